The quantitative estimate of drug-likeness (QED) is 0.806. The van der Waals surface area contributed by atoms with Crippen LogP contribution < -0.4 is 11.1 Å². The molecule has 2 nitrogen and oxygen atoms in total. The van der Waals surface area contributed by atoms with E-state index in [1.54, 1.807) is 0 Å². The Kier molecular flexibility index (Phi) is 4.01. The zero-order valence-corrected chi connectivity index (χ0v) is 11.7. The van der Waals surface area contributed by atoms with Gasteiger partial charge in [-0.1, -0.05) is 23.2 Å². The van der Waals surface area contributed by atoms with Crippen LogP contribution in [0.2, 0.25) is 10.0 Å². The SMILES string of the molecule is NC1CCC(Nc2ccc(Br)c(Cl)c2Cl)C1. The van der Waals surface area contributed by atoms with E-state index in [0.29, 0.717) is 22.1 Å². The number of nitrogens with one attached hydrogen (secondary N) is 1. The van der Waals surface area contributed by atoms with Crippen LogP contribution >= 0.6 is 39.1 Å². The maximum atomic E-state index is 6.16. The fourth-order valence-corrected chi connectivity index (χ4v) is 2.83. The summed E-state index contributed by atoms with van der Waals surface area (Å²) in [5.74, 6) is 0. The zero-order chi connectivity index (χ0) is 11.7. The maximum absolute atomic E-state index is 6.16. The van der Waals surface area contributed by atoms with Crippen LogP contribution in [0, 0.1) is 0 Å². The first-order chi connectivity index (χ1) is 7.58. The highest BCUT2D eigenvalue weighted by atomic mass is 79.9. The molecule has 0 radical (unpaired) electrons. The van der Waals surface area contributed by atoms with Gasteiger partial charge in [0.05, 0.1) is 15.7 Å². The second-order valence-corrected chi connectivity index (χ2v) is 5.75. The van der Waals surface area contributed by atoms with Crippen molar-refractivity contribution in [3.05, 3.63) is 26.7 Å². The van der Waals surface area contributed by atoms with Gasteiger partial charge in [-0.2, -0.15) is 0 Å². The minimum atomic E-state index is 0.308. The molecular formula is C11H13BrCl2N2. The summed E-state index contributed by atoms with van der Waals surface area (Å²) in [6.45, 7) is 0. The number of hydrogen-bond donors (Lipinski definition) is 2. The summed E-state index contributed by atoms with van der Waals surface area (Å²) < 4.78 is 0.813. The zero-order valence-electron chi connectivity index (χ0n) is 8.64. The molecule has 1 fully saturated rings. The van der Waals surface area contributed by atoms with Gasteiger partial charge < -0.3 is 11.1 Å². The molecule has 16 heavy (non-hydrogen) atoms. The van der Waals surface area contributed by atoms with E-state index in [0.717, 1.165) is 29.4 Å². The summed E-state index contributed by atoms with van der Waals surface area (Å²) in [7, 11) is 0. The van der Waals surface area contributed by atoms with Gasteiger partial charge in [-0.25, -0.2) is 0 Å². The number of anilines is 1. The predicted molar refractivity (Wildman–Crippen MR) is 73.4 cm³/mol. The highest BCUT2D eigenvalue weighted by Gasteiger charge is 2.22. The van der Waals surface area contributed by atoms with Crippen molar-refractivity contribution in [3.8, 4) is 0 Å². The fraction of sp³-hybridized carbons (Fsp3) is 0.455. The lowest BCUT2D eigenvalue weighted by atomic mass is 10.2. The van der Waals surface area contributed by atoms with Gasteiger partial charge >= 0.3 is 0 Å². The Bertz CT molecular complexity index is 398. The molecule has 0 aromatic heterocycles. The molecule has 0 heterocycles. The molecule has 88 valence electrons. The van der Waals surface area contributed by atoms with Crippen LogP contribution in [0.25, 0.3) is 0 Å². The van der Waals surface area contributed by atoms with E-state index in [1.807, 2.05) is 12.1 Å². The Morgan fingerprint density at radius 3 is 2.62 bits per heavy atom. The van der Waals surface area contributed by atoms with Crippen LogP contribution in [-0.4, -0.2) is 12.1 Å². The number of hydrogen-bond acceptors (Lipinski definition) is 2. The summed E-state index contributed by atoms with van der Waals surface area (Å²) in [5.41, 5.74) is 6.75. The smallest absolute Gasteiger partial charge is 0.0835 e. The summed E-state index contributed by atoms with van der Waals surface area (Å²) in [5, 5.41) is 4.51. The molecule has 1 aliphatic rings. The lowest BCUT2D eigenvalue weighted by Gasteiger charge is -2.16. The molecule has 0 spiro atoms. The van der Waals surface area contributed by atoms with E-state index in [1.165, 1.54) is 0 Å². The van der Waals surface area contributed by atoms with Crippen molar-refractivity contribution < 1.29 is 0 Å². The van der Waals surface area contributed by atoms with Crippen molar-refractivity contribution in [2.75, 3.05) is 5.32 Å². The highest BCUT2D eigenvalue weighted by molar-refractivity contribution is 9.10. The van der Waals surface area contributed by atoms with Crippen LogP contribution in [0.4, 0.5) is 5.69 Å². The molecule has 0 amide bonds. The maximum Gasteiger partial charge on any atom is 0.0835 e. The van der Waals surface area contributed by atoms with E-state index >= 15 is 0 Å². The van der Waals surface area contributed by atoms with Crippen molar-refractivity contribution >= 4 is 44.8 Å². The number of benzene rings is 1. The van der Waals surface area contributed by atoms with Crippen LogP contribution in [0.1, 0.15) is 19.3 Å². The van der Waals surface area contributed by atoms with Gasteiger partial charge in [0, 0.05) is 16.6 Å². The third-order valence-corrected chi connectivity index (χ3v) is 4.64. The largest absolute Gasteiger partial charge is 0.381 e. The van der Waals surface area contributed by atoms with Crippen molar-refractivity contribution in [3.63, 3.8) is 0 Å². The Morgan fingerprint density at radius 2 is 2.00 bits per heavy atom. The van der Waals surface area contributed by atoms with Crippen LogP contribution in [-0.2, 0) is 0 Å². The van der Waals surface area contributed by atoms with Crippen molar-refractivity contribution in [2.24, 2.45) is 5.73 Å². The van der Waals surface area contributed by atoms with Gasteiger partial charge in [-0.05, 0) is 47.3 Å². The number of halogens is 3. The monoisotopic (exact) mass is 322 g/mol. The van der Waals surface area contributed by atoms with Gasteiger partial charge in [0.2, 0.25) is 0 Å². The normalized spacial score (nSPS) is 24.8. The number of nitrogens with two attached hydrogens (primary N) is 1. The Balaban J connectivity index is 2.13. The summed E-state index contributed by atoms with van der Waals surface area (Å²) in [6.07, 6.45) is 3.15. The summed E-state index contributed by atoms with van der Waals surface area (Å²) >= 11 is 15.5. The van der Waals surface area contributed by atoms with Gasteiger partial charge in [-0.3, -0.25) is 0 Å². The first-order valence-electron chi connectivity index (χ1n) is 5.23. The Hall–Kier alpha value is 0.0400. The Morgan fingerprint density at radius 1 is 1.25 bits per heavy atom. The second kappa shape index (κ2) is 5.13. The number of rotatable bonds is 2. The lowest BCUT2D eigenvalue weighted by Crippen LogP contribution is -2.20. The topological polar surface area (TPSA) is 38.0 Å². The van der Waals surface area contributed by atoms with Crippen LogP contribution in [0.5, 0.6) is 0 Å². The lowest BCUT2D eigenvalue weighted by molar-refractivity contribution is 0.688. The van der Waals surface area contributed by atoms with E-state index in [-0.39, 0.29) is 0 Å². The predicted octanol–water partition coefficient (Wildman–Crippen LogP) is 4.05. The molecule has 5 heteroatoms. The summed E-state index contributed by atoms with van der Waals surface area (Å²) in [6, 6.07) is 4.54. The molecule has 2 unspecified atom stereocenters. The molecule has 3 N–H and O–H groups in total. The van der Waals surface area contributed by atoms with Gasteiger partial charge in [-0.15, -0.1) is 0 Å². The third kappa shape index (κ3) is 2.65. The minimum absolute atomic E-state index is 0.308. The molecule has 2 atom stereocenters. The molecule has 1 aliphatic carbocycles. The highest BCUT2D eigenvalue weighted by Crippen LogP contribution is 2.37. The van der Waals surface area contributed by atoms with E-state index in [4.69, 9.17) is 28.9 Å². The first kappa shape index (κ1) is 12.5. The van der Waals surface area contributed by atoms with Gasteiger partial charge in [0.1, 0.15) is 0 Å². The van der Waals surface area contributed by atoms with Gasteiger partial charge in [0.15, 0.2) is 0 Å². The average molecular weight is 324 g/mol. The average Bonchev–Trinajstić information content (AvgIpc) is 2.65. The molecule has 0 aliphatic heterocycles. The third-order valence-electron chi connectivity index (χ3n) is 2.87. The second-order valence-electron chi connectivity index (χ2n) is 4.14. The Labute approximate surface area is 114 Å². The molecule has 0 bridgehead atoms. The van der Waals surface area contributed by atoms with E-state index in [9.17, 15) is 0 Å². The van der Waals surface area contributed by atoms with E-state index < -0.39 is 0 Å². The molecule has 1 aromatic rings. The first-order valence-corrected chi connectivity index (χ1v) is 6.78. The van der Waals surface area contributed by atoms with Crippen molar-refractivity contribution in [1.82, 2.24) is 0 Å². The van der Waals surface area contributed by atoms with Crippen LogP contribution in [0.15, 0.2) is 16.6 Å². The van der Waals surface area contributed by atoms with Crippen molar-refractivity contribution in [2.45, 2.75) is 31.3 Å². The molecular weight excluding hydrogens is 311 g/mol. The van der Waals surface area contributed by atoms with Crippen LogP contribution in [0.3, 0.4) is 0 Å². The molecule has 0 saturated heterocycles. The molecule has 2 rings (SSSR count). The van der Waals surface area contributed by atoms with E-state index in [2.05, 4.69) is 21.2 Å². The fourth-order valence-electron chi connectivity index (χ4n) is 2.00. The summed E-state index contributed by atoms with van der Waals surface area (Å²) in [4.78, 5) is 0. The van der Waals surface area contributed by atoms with Crippen molar-refractivity contribution in [1.29, 1.82) is 0 Å². The molecule has 1 aromatic carbocycles. The van der Waals surface area contributed by atoms with Gasteiger partial charge in [0.25, 0.3) is 0 Å². The standard InChI is InChI=1S/C11H13BrCl2N2/c12-8-3-4-9(11(14)10(8)13)16-7-2-1-6(15)5-7/h3-4,6-7,16H,1-2,5,15H2. The molecule has 1 saturated carbocycles. The minimum Gasteiger partial charge on any atom is -0.381 e.